The number of carbonyl (C=O) groups excluding carboxylic acids is 2. The normalized spacial score (nSPS) is 22.0. The first-order valence-electron chi connectivity index (χ1n) is 12.4. The second-order valence-corrected chi connectivity index (χ2v) is 11.5. The van der Waals surface area contributed by atoms with Crippen LogP contribution in [-0.2, 0) is 19.6 Å². The van der Waals surface area contributed by atoms with Crippen LogP contribution in [0.15, 0.2) is 29.2 Å². The van der Waals surface area contributed by atoms with E-state index in [1.165, 1.54) is 28.9 Å². The van der Waals surface area contributed by atoms with Gasteiger partial charge in [-0.1, -0.05) is 31.4 Å². The van der Waals surface area contributed by atoms with Crippen molar-refractivity contribution in [2.45, 2.75) is 55.9 Å². The van der Waals surface area contributed by atoms with Gasteiger partial charge >= 0.3 is 0 Å². The lowest BCUT2D eigenvalue weighted by atomic mass is 9.88. The first kappa shape index (κ1) is 25.1. The molecule has 1 saturated carbocycles. The molecule has 3 aliphatic rings. The van der Waals surface area contributed by atoms with E-state index in [9.17, 15) is 22.4 Å². The zero-order chi connectivity index (χ0) is 24.1. The van der Waals surface area contributed by atoms with E-state index in [1.54, 1.807) is 4.90 Å². The summed E-state index contributed by atoms with van der Waals surface area (Å²) in [6.45, 7) is 2.69. The quantitative estimate of drug-likeness (QED) is 0.652. The summed E-state index contributed by atoms with van der Waals surface area (Å²) < 4.78 is 40.8. The molecule has 0 atom stereocenters. The fourth-order valence-corrected chi connectivity index (χ4v) is 6.67. The summed E-state index contributed by atoms with van der Waals surface area (Å²) in [5, 5.41) is 3.21. The molecule has 10 heteroatoms. The Labute approximate surface area is 201 Å². The topological polar surface area (TPSA) is 90.0 Å². The van der Waals surface area contributed by atoms with Crippen molar-refractivity contribution in [1.29, 1.82) is 0 Å². The van der Waals surface area contributed by atoms with Crippen molar-refractivity contribution in [1.82, 2.24) is 19.4 Å². The number of benzene rings is 1. The monoisotopic (exact) mass is 494 g/mol. The van der Waals surface area contributed by atoms with E-state index in [4.69, 9.17) is 0 Å². The molecule has 34 heavy (non-hydrogen) atoms. The first-order chi connectivity index (χ1) is 16.3. The molecule has 4 rings (SSSR count). The van der Waals surface area contributed by atoms with Crippen LogP contribution in [0, 0.1) is 11.7 Å². The van der Waals surface area contributed by atoms with Gasteiger partial charge in [-0.3, -0.25) is 14.5 Å². The second kappa shape index (κ2) is 11.1. The Morgan fingerprint density at radius 3 is 2.21 bits per heavy atom. The van der Waals surface area contributed by atoms with Crippen LogP contribution < -0.4 is 5.32 Å². The third kappa shape index (κ3) is 5.95. The molecule has 188 valence electrons. The molecule has 2 saturated heterocycles. The third-order valence-electron chi connectivity index (χ3n) is 7.31. The highest BCUT2D eigenvalue weighted by Crippen LogP contribution is 2.24. The largest absolute Gasteiger partial charge is 0.353 e. The Morgan fingerprint density at radius 2 is 1.56 bits per heavy atom. The zero-order valence-electron chi connectivity index (χ0n) is 19.6. The first-order valence-corrected chi connectivity index (χ1v) is 13.8. The second-order valence-electron chi connectivity index (χ2n) is 9.61. The van der Waals surface area contributed by atoms with E-state index in [0.717, 1.165) is 57.7 Å². The molecule has 2 amide bonds. The molecule has 0 aromatic heterocycles. The van der Waals surface area contributed by atoms with Gasteiger partial charge in [0.2, 0.25) is 21.8 Å². The van der Waals surface area contributed by atoms with Gasteiger partial charge in [-0.05, 0) is 37.8 Å². The predicted octanol–water partition coefficient (Wildman–Crippen LogP) is 1.82. The van der Waals surface area contributed by atoms with Gasteiger partial charge in [-0.25, -0.2) is 12.8 Å². The van der Waals surface area contributed by atoms with Crippen molar-refractivity contribution in [3.8, 4) is 0 Å². The maximum atomic E-state index is 14.0. The number of hydrogen-bond donors (Lipinski definition) is 1. The highest BCUT2D eigenvalue weighted by Gasteiger charge is 2.33. The van der Waals surface area contributed by atoms with E-state index in [-0.39, 0.29) is 41.8 Å². The average Bonchev–Trinajstić information content (AvgIpc) is 2.86. The van der Waals surface area contributed by atoms with Crippen LogP contribution in [0.3, 0.4) is 0 Å². The fourth-order valence-electron chi connectivity index (χ4n) is 5.18. The van der Waals surface area contributed by atoms with Crippen molar-refractivity contribution in [3.63, 3.8) is 0 Å². The minimum Gasteiger partial charge on any atom is -0.353 e. The molecule has 1 aromatic carbocycles. The molecule has 0 unspecified atom stereocenters. The number of nitrogens with zero attached hydrogens (tertiary/aromatic N) is 3. The van der Waals surface area contributed by atoms with E-state index >= 15 is 0 Å². The highest BCUT2D eigenvalue weighted by atomic mass is 32.2. The lowest BCUT2D eigenvalue weighted by molar-refractivity contribution is -0.134. The van der Waals surface area contributed by atoms with Gasteiger partial charge in [0, 0.05) is 51.2 Å². The van der Waals surface area contributed by atoms with E-state index in [0.29, 0.717) is 19.6 Å². The molecule has 2 heterocycles. The maximum Gasteiger partial charge on any atom is 0.246 e. The van der Waals surface area contributed by atoms with E-state index in [1.807, 2.05) is 0 Å². The molecule has 1 N–H and O–H groups in total. The Balaban J connectivity index is 1.20. The Bertz CT molecular complexity index is 967. The van der Waals surface area contributed by atoms with Gasteiger partial charge < -0.3 is 10.2 Å². The summed E-state index contributed by atoms with van der Waals surface area (Å²) in [6, 6.07) is 5.53. The fraction of sp³-hybridized carbons (Fsp3) is 0.667. The van der Waals surface area contributed by atoms with Crippen LogP contribution >= 0.6 is 0 Å². The SMILES string of the molecule is O=C(NC1CCN(CC(=O)N2CCN(S(=O)(=O)c3ccccc3F)CC2)CC1)C1CCCCC1. The van der Waals surface area contributed by atoms with Gasteiger partial charge in [0.15, 0.2) is 0 Å². The number of nitrogens with one attached hydrogen (secondary N) is 1. The predicted molar refractivity (Wildman–Crippen MR) is 126 cm³/mol. The molecule has 1 aliphatic carbocycles. The molecule has 2 aliphatic heterocycles. The molecular formula is C24H35FN4O4S. The van der Waals surface area contributed by atoms with E-state index < -0.39 is 15.8 Å². The summed E-state index contributed by atoms with van der Waals surface area (Å²) in [6.07, 6.45) is 7.17. The minimum atomic E-state index is -3.92. The third-order valence-corrected chi connectivity index (χ3v) is 9.25. The molecule has 0 spiro atoms. The summed E-state index contributed by atoms with van der Waals surface area (Å²) in [5.74, 6) is -0.432. The van der Waals surface area contributed by atoms with Crippen LogP contribution in [0.1, 0.15) is 44.9 Å². The van der Waals surface area contributed by atoms with E-state index in [2.05, 4.69) is 10.2 Å². The van der Waals surface area contributed by atoms with Gasteiger partial charge in [-0.2, -0.15) is 4.31 Å². The van der Waals surface area contributed by atoms with Crippen molar-refractivity contribution < 1.29 is 22.4 Å². The van der Waals surface area contributed by atoms with Crippen molar-refractivity contribution in [3.05, 3.63) is 30.1 Å². The summed E-state index contributed by atoms with van der Waals surface area (Å²) in [4.78, 5) is 28.7. The van der Waals surface area contributed by atoms with Gasteiger partial charge in [0.25, 0.3) is 0 Å². The minimum absolute atomic E-state index is 0.0207. The van der Waals surface area contributed by atoms with Crippen molar-refractivity contribution in [2.75, 3.05) is 45.8 Å². The number of piperazine rings is 1. The molecule has 1 aromatic rings. The van der Waals surface area contributed by atoms with Crippen molar-refractivity contribution in [2.24, 2.45) is 5.92 Å². The summed E-state index contributed by atoms with van der Waals surface area (Å²) >= 11 is 0. The lowest BCUT2D eigenvalue weighted by Gasteiger charge is -2.37. The number of amides is 2. The number of sulfonamides is 1. The average molecular weight is 495 g/mol. The summed E-state index contributed by atoms with van der Waals surface area (Å²) in [7, 11) is -3.92. The number of hydrogen-bond acceptors (Lipinski definition) is 5. The molecule has 3 fully saturated rings. The van der Waals surface area contributed by atoms with Gasteiger partial charge in [0.05, 0.1) is 6.54 Å². The van der Waals surface area contributed by atoms with Crippen LogP contribution in [-0.4, -0.2) is 86.2 Å². The Hall–Kier alpha value is -2.04. The maximum absolute atomic E-state index is 14.0. The molecular weight excluding hydrogens is 459 g/mol. The number of rotatable bonds is 6. The van der Waals surface area contributed by atoms with Gasteiger partial charge in [0.1, 0.15) is 10.7 Å². The number of carbonyl (C=O) groups is 2. The van der Waals surface area contributed by atoms with Crippen molar-refractivity contribution >= 4 is 21.8 Å². The standard InChI is InChI=1S/C24H35FN4O4S/c25-21-8-4-5-9-22(21)34(32,33)29-16-14-28(15-17-29)23(30)18-27-12-10-20(11-13-27)26-24(31)19-6-2-1-3-7-19/h4-5,8-9,19-20H,1-3,6-7,10-18H2,(H,26,31). The zero-order valence-corrected chi connectivity index (χ0v) is 20.4. The molecule has 0 radical (unpaired) electrons. The Morgan fingerprint density at radius 1 is 0.912 bits per heavy atom. The molecule has 8 nitrogen and oxygen atoms in total. The molecule has 0 bridgehead atoms. The highest BCUT2D eigenvalue weighted by molar-refractivity contribution is 7.89. The van der Waals surface area contributed by atoms with Crippen LogP contribution in [0.2, 0.25) is 0 Å². The lowest BCUT2D eigenvalue weighted by Crippen LogP contribution is -2.54. The van der Waals surface area contributed by atoms with Crippen LogP contribution in [0.4, 0.5) is 4.39 Å². The smallest absolute Gasteiger partial charge is 0.246 e. The number of likely N-dealkylation sites (tertiary alicyclic amines) is 1. The summed E-state index contributed by atoms with van der Waals surface area (Å²) in [5.41, 5.74) is 0. The van der Waals surface area contributed by atoms with Gasteiger partial charge in [-0.15, -0.1) is 0 Å². The van der Waals surface area contributed by atoms with Crippen LogP contribution in [0.25, 0.3) is 0 Å². The Kier molecular flexibility index (Phi) is 8.21. The van der Waals surface area contributed by atoms with Crippen LogP contribution in [0.5, 0.6) is 0 Å². The number of piperidine rings is 1. The number of halogens is 1.